The van der Waals surface area contributed by atoms with Crippen molar-refractivity contribution < 1.29 is 0 Å². The van der Waals surface area contributed by atoms with Crippen LogP contribution in [0.5, 0.6) is 0 Å². The molecule has 21 heavy (non-hydrogen) atoms. The number of nitrogens with zero attached hydrogens (tertiary/aromatic N) is 4. The minimum Gasteiger partial charge on any atom is -0.356 e. The van der Waals surface area contributed by atoms with Crippen molar-refractivity contribution in [1.82, 2.24) is 14.9 Å². The summed E-state index contributed by atoms with van der Waals surface area (Å²) >= 11 is 0. The summed E-state index contributed by atoms with van der Waals surface area (Å²) in [6, 6.07) is 0.528. The van der Waals surface area contributed by atoms with Crippen LogP contribution in [0.2, 0.25) is 0 Å². The van der Waals surface area contributed by atoms with Crippen LogP contribution in [0.3, 0.4) is 0 Å². The van der Waals surface area contributed by atoms with E-state index < -0.39 is 0 Å². The van der Waals surface area contributed by atoms with Gasteiger partial charge in [0.15, 0.2) is 0 Å². The van der Waals surface area contributed by atoms with Gasteiger partial charge in [0.1, 0.15) is 17.5 Å². The van der Waals surface area contributed by atoms with Crippen molar-refractivity contribution in [2.45, 2.75) is 45.6 Å². The van der Waals surface area contributed by atoms with Crippen molar-refractivity contribution in [3.63, 3.8) is 0 Å². The SMILES string of the molecule is Cc1c(NN)nc(C(C)C)nc1N(C)C1CCN(C)CC1. The smallest absolute Gasteiger partial charge is 0.148 e. The van der Waals surface area contributed by atoms with Crippen LogP contribution in [0.15, 0.2) is 0 Å². The maximum absolute atomic E-state index is 5.62. The van der Waals surface area contributed by atoms with Gasteiger partial charge in [0.2, 0.25) is 0 Å². The Morgan fingerprint density at radius 1 is 1.29 bits per heavy atom. The Labute approximate surface area is 127 Å². The molecule has 0 unspecified atom stereocenters. The Balaban J connectivity index is 2.30. The van der Waals surface area contributed by atoms with Crippen LogP contribution < -0.4 is 16.2 Å². The molecular weight excluding hydrogens is 264 g/mol. The molecule has 0 aliphatic carbocycles. The molecule has 118 valence electrons. The number of hydrazine groups is 1. The van der Waals surface area contributed by atoms with Crippen molar-refractivity contribution in [2.24, 2.45) is 5.84 Å². The summed E-state index contributed by atoms with van der Waals surface area (Å²) in [7, 11) is 4.31. The highest BCUT2D eigenvalue weighted by atomic mass is 15.3. The number of nitrogen functional groups attached to an aromatic ring is 1. The van der Waals surface area contributed by atoms with E-state index in [0.29, 0.717) is 6.04 Å². The predicted molar refractivity (Wildman–Crippen MR) is 87.6 cm³/mol. The lowest BCUT2D eigenvalue weighted by Crippen LogP contribution is -2.42. The minimum atomic E-state index is 0.280. The number of anilines is 2. The van der Waals surface area contributed by atoms with Crippen LogP contribution in [-0.2, 0) is 0 Å². The summed E-state index contributed by atoms with van der Waals surface area (Å²) < 4.78 is 0. The van der Waals surface area contributed by atoms with Gasteiger partial charge in [-0.2, -0.15) is 0 Å². The molecule has 6 heteroatoms. The number of likely N-dealkylation sites (tertiary alicyclic amines) is 1. The van der Waals surface area contributed by atoms with Gasteiger partial charge in [-0.1, -0.05) is 13.8 Å². The molecule has 0 aromatic carbocycles. The summed E-state index contributed by atoms with van der Waals surface area (Å²) in [5, 5.41) is 0. The van der Waals surface area contributed by atoms with Gasteiger partial charge in [-0.25, -0.2) is 15.8 Å². The Kier molecular flexibility index (Phi) is 5.00. The van der Waals surface area contributed by atoms with Gasteiger partial charge >= 0.3 is 0 Å². The first-order valence-electron chi connectivity index (χ1n) is 7.70. The molecule has 0 spiro atoms. The van der Waals surface area contributed by atoms with Crippen LogP contribution >= 0.6 is 0 Å². The monoisotopic (exact) mass is 292 g/mol. The van der Waals surface area contributed by atoms with Gasteiger partial charge in [0.25, 0.3) is 0 Å². The van der Waals surface area contributed by atoms with Gasteiger partial charge in [-0.3, -0.25) is 0 Å². The van der Waals surface area contributed by atoms with Gasteiger partial charge in [-0.05, 0) is 39.9 Å². The molecule has 0 amide bonds. The standard InChI is InChI=1S/C15H28N6/c1-10(2)13-17-14(19-16)11(3)15(18-13)21(5)12-6-8-20(4)9-7-12/h10,12H,6-9,16H2,1-5H3,(H,17,18,19). The third-order valence-corrected chi connectivity index (χ3v) is 4.36. The Morgan fingerprint density at radius 2 is 1.90 bits per heavy atom. The summed E-state index contributed by atoms with van der Waals surface area (Å²) in [4.78, 5) is 14.0. The molecular formula is C15H28N6. The van der Waals surface area contributed by atoms with Crippen molar-refractivity contribution in [3.05, 3.63) is 11.4 Å². The number of hydrogen-bond donors (Lipinski definition) is 2. The van der Waals surface area contributed by atoms with Crippen molar-refractivity contribution in [3.8, 4) is 0 Å². The number of piperidine rings is 1. The molecule has 1 aliphatic rings. The zero-order valence-electron chi connectivity index (χ0n) is 13.8. The fourth-order valence-electron chi connectivity index (χ4n) is 2.82. The summed E-state index contributed by atoms with van der Waals surface area (Å²) in [5.41, 5.74) is 3.73. The lowest BCUT2D eigenvalue weighted by atomic mass is 10.0. The molecule has 0 atom stereocenters. The lowest BCUT2D eigenvalue weighted by molar-refractivity contribution is 0.252. The lowest BCUT2D eigenvalue weighted by Gasteiger charge is -2.36. The van der Waals surface area contributed by atoms with Crippen molar-refractivity contribution >= 4 is 11.6 Å². The molecule has 1 aromatic heterocycles. The van der Waals surface area contributed by atoms with E-state index in [1.807, 2.05) is 6.92 Å². The van der Waals surface area contributed by atoms with Crippen molar-refractivity contribution in [1.29, 1.82) is 0 Å². The average molecular weight is 292 g/mol. The first-order chi connectivity index (χ1) is 9.93. The molecule has 0 saturated carbocycles. The molecule has 0 radical (unpaired) electrons. The van der Waals surface area contributed by atoms with Gasteiger partial charge in [0.05, 0.1) is 0 Å². The van der Waals surface area contributed by atoms with E-state index in [1.165, 1.54) is 12.8 Å². The molecule has 1 aromatic rings. The number of aromatic nitrogens is 2. The quantitative estimate of drug-likeness (QED) is 0.650. The van der Waals surface area contributed by atoms with Gasteiger partial charge in [-0.15, -0.1) is 0 Å². The first-order valence-corrected chi connectivity index (χ1v) is 7.70. The Hall–Kier alpha value is -1.40. The maximum atomic E-state index is 5.62. The molecule has 1 aliphatic heterocycles. The van der Waals surface area contributed by atoms with E-state index in [-0.39, 0.29) is 5.92 Å². The van der Waals surface area contributed by atoms with Crippen LogP contribution in [0.25, 0.3) is 0 Å². The summed E-state index contributed by atoms with van der Waals surface area (Å²) in [6.45, 7) is 8.51. The van der Waals surface area contributed by atoms with E-state index in [9.17, 15) is 0 Å². The zero-order chi connectivity index (χ0) is 15.6. The largest absolute Gasteiger partial charge is 0.356 e. The molecule has 6 nitrogen and oxygen atoms in total. The summed E-state index contributed by atoms with van der Waals surface area (Å²) in [5.74, 6) is 8.46. The number of nitrogens with one attached hydrogen (secondary N) is 1. The molecule has 1 saturated heterocycles. The number of nitrogens with two attached hydrogens (primary N) is 1. The second-order valence-corrected chi connectivity index (χ2v) is 6.32. The predicted octanol–water partition coefficient (Wildman–Crippen LogP) is 1.72. The molecule has 1 fully saturated rings. The van der Waals surface area contributed by atoms with Crippen LogP contribution in [0, 0.1) is 6.92 Å². The highest BCUT2D eigenvalue weighted by Crippen LogP contribution is 2.28. The van der Waals surface area contributed by atoms with E-state index in [2.05, 4.69) is 48.2 Å². The van der Waals surface area contributed by atoms with E-state index in [4.69, 9.17) is 10.8 Å². The van der Waals surface area contributed by atoms with E-state index >= 15 is 0 Å². The normalized spacial score (nSPS) is 17.3. The van der Waals surface area contributed by atoms with Crippen molar-refractivity contribution in [2.75, 3.05) is 37.5 Å². The number of hydrogen-bond acceptors (Lipinski definition) is 6. The second-order valence-electron chi connectivity index (χ2n) is 6.32. The topological polar surface area (TPSA) is 70.3 Å². The third-order valence-electron chi connectivity index (χ3n) is 4.36. The zero-order valence-corrected chi connectivity index (χ0v) is 13.8. The van der Waals surface area contributed by atoms with E-state index in [1.54, 1.807) is 0 Å². The fraction of sp³-hybridized carbons (Fsp3) is 0.733. The maximum Gasteiger partial charge on any atom is 0.148 e. The summed E-state index contributed by atoms with van der Waals surface area (Å²) in [6.07, 6.45) is 2.33. The number of rotatable bonds is 4. The van der Waals surface area contributed by atoms with Crippen LogP contribution in [0.1, 0.15) is 44.0 Å². The van der Waals surface area contributed by atoms with E-state index in [0.717, 1.165) is 36.1 Å². The second kappa shape index (κ2) is 6.58. The highest BCUT2D eigenvalue weighted by molar-refractivity contribution is 5.58. The van der Waals surface area contributed by atoms with Gasteiger partial charge in [0, 0.05) is 24.6 Å². The fourth-order valence-corrected chi connectivity index (χ4v) is 2.82. The highest BCUT2D eigenvalue weighted by Gasteiger charge is 2.24. The molecule has 3 N–H and O–H groups in total. The van der Waals surface area contributed by atoms with Crippen LogP contribution in [-0.4, -0.2) is 48.1 Å². The molecule has 2 heterocycles. The Morgan fingerprint density at radius 3 is 2.43 bits per heavy atom. The molecule has 0 bridgehead atoms. The minimum absolute atomic E-state index is 0.280. The third kappa shape index (κ3) is 3.44. The average Bonchev–Trinajstić information content (AvgIpc) is 2.47. The Bertz CT molecular complexity index is 479. The van der Waals surface area contributed by atoms with Crippen LogP contribution in [0.4, 0.5) is 11.6 Å². The molecule has 2 rings (SSSR count). The van der Waals surface area contributed by atoms with Gasteiger partial charge < -0.3 is 15.2 Å². The first kappa shape index (κ1) is 16.0.